The van der Waals surface area contributed by atoms with Gasteiger partial charge < -0.3 is 10.3 Å². The van der Waals surface area contributed by atoms with Gasteiger partial charge in [-0.3, -0.25) is 14.5 Å². The van der Waals surface area contributed by atoms with Gasteiger partial charge in [0.2, 0.25) is 5.92 Å². The molecule has 5 rings (SSSR count). The number of nitrogens with one attached hydrogen (secondary N) is 2. The second-order valence-corrected chi connectivity index (χ2v) is 8.78. The van der Waals surface area contributed by atoms with E-state index in [4.69, 9.17) is 0 Å². The minimum Gasteiger partial charge on any atom is -0.342 e. The van der Waals surface area contributed by atoms with Crippen LogP contribution in [0.15, 0.2) is 42.5 Å². The summed E-state index contributed by atoms with van der Waals surface area (Å²) in [6.45, 7) is 1.45. The van der Waals surface area contributed by atoms with Crippen molar-refractivity contribution in [3.05, 3.63) is 53.9 Å². The third kappa shape index (κ3) is 3.67. The molecule has 2 fully saturated rings. The number of aryl methyl sites for hydroxylation is 1. The zero-order chi connectivity index (χ0) is 23.4. The van der Waals surface area contributed by atoms with Gasteiger partial charge in [-0.05, 0) is 31.4 Å². The van der Waals surface area contributed by atoms with Crippen molar-refractivity contribution in [1.82, 2.24) is 20.2 Å². The molecule has 2 N–H and O–H groups in total. The van der Waals surface area contributed by atoms with Crippen LogP contribution >= 0.6 is 0 Å². The molecule has 0 radical (unpaired) electrons. The monoisotopic (exact) mass is 452 g/mol. The molecule has 0 unspecified atom stereocenters. The van der Waals surface area contributed by atoms with Crippen LogP contribution in [0.3, 0.4) is 0 Å². The van der Waals surface area contributed by atoms with Gasteiger partial charge >= 0.3 is 6.03 Å². The topological polar surface area (TPSA) is 95.2 Å². The Bertz CT molecular complexity index is 1270. The summed E-state index contributed by atoms with van der Waals surface area (Å²) in [5.74, 6) is -3.04. The van der Waals surface area contributed by atoms with Crippen molar-refractivity contribution in [2.45, 2.75) is 44.1 Å². The van der Waals surface area contributed by atoms with Gasteiger partial charge in [-0.2, -0.15) is 0 Å². The fraction of sp³-hybridized carbons (Fsp3) is 0.333. The fourth-order valence-electron chi connectivity index (χ4n) is 4.66. The van der Waals surface area contributed by atoms with Gasteiger partial charge in [-0.15, -0.1) is 0 Å². The van der Waals surface area contributed by atoms with E-state index in [1.54, 1.807) is 24.3 Å². The lowest BCUT2D eigenvalue weighted by Gasteiger charge is -2.34. The number of benzene rings is 2. The van der Waals surface area contributed by atoms with Crippen molar-refractivity contribution in [2.24, 2.45) is 0 Å². The Labute approximate surface area is 188 Å². The highest BCUT2D eigenvalue weighted by Gasteiger charge is 2.55. The second kappa shape index (κ2) is 7.47. The Morgan fingerprint density at radius 3 is 2.45 bits per heavy atom. The third-order valence-electron chi connectivity index (χ3n) is 6.53. The zero-order valence-electron chi connectivity index (χ0n) is 18.0. The first-order valence-corrected chi connectivity index (χ1v) is 10.8. The number of ketones is 1. The molecule has 3 aromatic rings. The molecule has 1 aromatic heterocycles. The Balaban J connectivity index is 1.32. The smallest absolute Gasteiger partial charge is 0.325 e. The minimum atomic E-state index is -2.83. The molecule has 9 heteroatoms. The van der Waals surface area contributed by atoms with E-state index in [-0.39, 0.29) is 12.8 Å². The van der Waals surface area contributed by atoms with E-state index in [1.807, 2.05) is 25.1 Å². The maximum atomic E-state index is 13.5. The van der Waals surface area contributed by atoms with Crippen LogP contribution in [0.2, 0.25) is 0 Å². The predicted octanol–water partition coefficient (Wildman–Crippen LogP) is 4.22. The summed E-state index contributed by atoms with van der Waals surface area (Å²) in [7, 11) is 0. The van der Waals surface area contributed by atoms with Crippen molar-refractivity contribution < 1.29 is 23.2 Å². The van der Waals surface area contributed by atoms with Crippen LogP contribution in [0.1, 0.15) is 41.9 Å². The SMILES string of the molecule is Cc1nc2c(-c3ccc(C(=O)CN4C(=O)NC5(CCC(F)(F)CC5)C4=O)cc3)cccc2[nH]1. The Morgan fingerprint density at radius 1 is 1.06 bits per heavy atom. The molecule has 2 aliphatic rings. The highest BCUT2D eigenvalue weighted by atomic mass is 19.3. The van der Waals surface area contributed by atoms with Crippen LogP contribution in [-0.4, -0.2) is 50.6 Å². The van der Waals surface area contributed by atoms with Crippen molar-refractivity contribution >= 4 is 28.8 Å². The summed E-state index contributed by atoms with van der Waals surface area (Å²) in [4.78, 5) is 46.6. The van der Waals surface area contributed by atoms with Crippen molar-refractivity contribution in [3.8, 4) is 11.1 Å². The summed E-state index contributed by atoms with van der Waals surface area (Å²) in [5, 5.41) is 2.56. The number of carbonyl (C=O) groups excluding carboxylic acids is 3. The van der Waals surface area contributed by atoms with Crippen molar-refractivity contribution in [2.75, 3.05) is 6.54 Å². The molecule has 1 saturated heterocycles. The summed E-state index contributed by atoms with van der Waals surface area (Å²) >= 11 is 0. The maximum absolute atomic E-state index is 13.5. The summed E-state index contributed by atoms with van der Waals surface area (Å²) < 4.78 is 27.1. The molecule has 170 valence electrons. The number of hydrogen-bond acceptors (Lipinski definition) is 4. The molecule has 1 aliphatic heterocycles. The van der Waals surface area contributed by atoms with Gasteiger partial charge in [0, 0.05) is 24.0 Å². The van der Waals surface area contributed by atoms with E-state index < -0.39 is 48.6 Å². The lowest BCUT2D eigenvalue weighted by atomic mass is 9.80. The van der Waals surface area contributed by atoms with Gasteiger partial charge in [-0.1, -0.05) is 36.4 Å². The van der Waals surface area contributed by atoms with Crippen LogP contribution in [0, 0.1) is 6.92 Å². The lowest BCUT2D eigenvalue weighted by molar-refractivity contribution is -0.135. The highest BCUT2D eigenvalue weighted by molar-refractivity contribution is 6.11. The predicted molar refractivity (Wildman–Crippen MR) is 117 cm³/mol. The molecule has 1 aliphatic carbocycles. The molecular formula is C24H22F2N4O3. The maximum Gasteiger partial charge on any atom is 0.325 e. The van der Waals surface area contributed by atoms with Gasteiger partial charge in [0.25, 0.3) is 5.91 Å². The molecule has 2 heterocycles. The Kier molecular flexibility index (Phi) is 4.81. The van der Waals surface area contributed by atoms with Crippen LogP contribution in [-0.2, 0) is 4.79 Å². The normalized spacial score (nSPS) is 19.3. The van der Waals surface area contributed by atoms with Crippen LogP contribution in [0.25, 0.3) is 22.2 Å². The Hall–Kier alpha value is -3.62. The van der Waals surface area contributed by atoms with E-state index in [0.29, 0.717) is 5.56 Å². The highest BCUT2D eigenvalue weighted by Crippen LogP contribution is 2.41. The lowest BCUT2D eigenvalue weighted by Crippen LogP contribution is -2.51. The van der Waals surface area contributed by atoms with Crippen molar-refractivity contribution in [1.29, 1.82) is 0 Å². The first-order chi connectivity index (χ1) is 15.7. The first-order valence-electron chi connectivity index (χ1n) is 10.8. The molecule has 33 heavy (non-hydrogen) atoms. The number of Topliss-reactive ketones (excluding diaryl/α,β-unsaturated/α-hetero) is 1. The summed E-state index contributed by atoms with van der Waals surface area (Å²) in [6, 6.07) is 12.0. The van der Waals surface area contributed by atoms with Crippen molar-refractivity contribution in [3.63, 3.8) is 0 Å². The molecular weight excluding hydrogens is 430 g/mol. The van der Waals surface area contributed by atoms with Gasteiger partial charge in [-0.25, -0.2) is 18.6 Å². The molecule has 1 saturated carbocycles. The van der Waals surface area contributed by atoms with E-state index in [9.17, 15) is 23.2 Å². The number of nitrogens with zero attached hydrogens (tertiary/aromatic N) is 2. The molecule has 1 spiro atoms. The number of halogens is 2. The average molecular weight is 452 g/mol. The fourth-order valence-corrected chi connectivity index (χ4v) is 4.66. The zero-order valence-corrected chi connectivity index (χ0v) is 18.0. The number of urea groups is 1. The number of para-hydroxylation sites is 1. The molecule has 0 atom stereocenters. The van der Waals surface area contributed by atoms with Crippen LogP contribution in [0.4, 0.5) is 13.6 Å². The number of hydrogen-bond donors (Lipinski definition) is 2. The van der Waals surface area contributed by atoms with Gasteiger partial charge in [0.05, 0.1) is 17.6 Å². The number of rotatable bonds is 4. The number of aromatic amines is 1. The number of carbonyl (C=O) groups is 3. The molecule has 0 bridgehead atoms. The number of H-pyrrole nitrogens is 1. The van der Waals surface area contributed by atoms with E-state index in [2.05, 4.69) is 15.3 Å². The van der Waals surface area contributed by atoms with Crippen LogP contribution < -0.4 is 5.32 Å². The third-order valence-corrected chi connectivity index (χ3v) is 6.53. The molecule has 7 nitrogen and oxygen atoms in total. The standard InChI is InChI=1S/C24H22F2N4O3/c1-14-27-18-4-2-3-17(20(18)28-14)15-5-7-16(8-6-15)19(31)13-30-21(32)23(29-22(30)33)9-11-24(25,26)12-10-23/h2-8H,9-13H2,1H3,(H,27,28)(H,29,33). The number of alkyl halides is 2. The minimum absolute atomic E-state index is 0.137. The first kappa shape index (κ1) is 21.2. The van der Waals surface area contributed by atoms with Gasteiger partial charge in [0.1, 0.15) is 11.4 Å². The largest absolute Gasteiger partial charge is 0.342 e. The summed E-state index contributed by atoms with van der Waals surface area (Å²) in [6.07, 6.45) is -1.21. The van der Waals surface area contributed by atoms with E-state index >= 15 is 0 Å². The average Bonchev–Trinajstić information content (AvgIpc) is 3.28. The quantitative estimate of drug-likeness (QED) is 0.458. The molecule has 2 aromatic carbocycles. The van der Waals surface area contributed by atoms with E-state index in [0.717, 1.165) is 32.9 Å². The Morgan fingerprint density at radius 2 is 1.76 bits per heavy atom. The van der Waals surface area contributed by atoms with Gasteiger partial charge in [0.15, 0.2) is 5.78 Å². The second-order valence-electron chi connectivity index (χ2n) is 8.78. The number of aromatic nitrogens is 2. The molecule has 3 amide bonds. The number of fused-ring (bicyclic) bond motifs is 1. The number of imidazole rings is 1. The van der Waals surface area contributed by atoms with E-state index in [1.165, 1.54) is 0 Å². The summed E-state index contributed by atoms with van der Waals surface area (Å²) in [5.41, 5.74) is 2.56. The van der Waals surface area contributed by atoms with Crippen LogP contribution in [0.5, 0.6) is 0 Å². The number of amides is 3. The number of imide groups is 1.